The van der Waals surface area contributed by atoms with Gasteiger partial charge in [0.25, 0.3) is 0 Å². The molecule has 0 fully saturated rings. The third kappa shape index (κ3) is 8.46. The van der Waals surface area contributed by atoms with Crippen molar-refractivity contribution in [2.75, 3.05) is 11.5 Å². The number of nitrogens with zero attached hydrogens (tertiary/aromatic N) is 1. The van der Waals surface area contributed by atoms with Crippen molar-refractivity contribution in [3.8, 4) is 6.07 Å². The molecule has 0 saturated carbocycles. The van der Waals surface area contributed by atoms with Crippen LogP contribution < -0.4 is 0 Å². The number of nitriles is 1. The van der Waals surface area contributed by atoms with Crippen LogP contribution in [0.15, 0.2) is 28.5 Å². The lowest BCUT2D eigenvalue weighted by molar-refractivity contribution is -0.439. The molecule has 0 heterocycles. The van der Waals surface area contributed by atoms with Crippen LogP contribution in [-0.4, -0.2) is 83.1 Å². The molecule has 0 spiro atoms. The van der Waals surface area contributed by atoms with Gasteiger partial charge in [0.2, 0.25) is 0 Å². The van der Waals surface area contributed by atoms with Gasteiger partial charge in [-0.2, -0.15) is 119 Å². The first kappa shape index (κ1) is 50.3. The van der Waals surface area contributed by atoms with E-state index in [1.807, 2.05) is 0 Å². The van der Waals surface area contributed by atoms with Crippen molar-refractivity contribution in [2.45, 2.75) is 84.4 Å². The minimum absolute atomic E-state index is 0.445. The first-order chi connectivity index (χ1) is 24.0. The summed E-state index contributed by atoms with van der Waals surface area (Å²) in [6.07, 6.45) is -21.6. The summed E-state index contributed by atoms with van der Waals surface area (Å²) in [5, 5.41) is 9.42. The maximum Gasteiger partial charge on any atom is 0.460 e. The fraction of sp³-hybridized carbons (Fsp3) is 0.640. The Bertz CT molecular complexity index is 1480. The van der Waals surface area contributed by atoms with E-state index < -0.39 is 141 Å². The maximum atomic E-state index is 14.2. The van der Waals surface area contributed by atoms with E-state index in [0.29, 0.717) is 24.3 Å². The Morgan fingerprint density at radius 3 is 0.964 bits per heavy atom. The molecule has 1 nitrogen and oxygen atoms in total. The molecule has 0 amide bonds. The van der Waals surface area contributed by atoms with E-state index in [9.17, 15) is 124 Å². The predicted molar refractivity (Wildman–Crippen MR) is 135 cm³/mol. The lowest BCUT2D eigenvalue weighted by atomic mass is 9.93. The molecule has 0 bridgehead atoms. The standard InChI is InChI=1S/C25H12F27NS2/c26-11-3-1-10(2-4-11)12(9-53)13(54-7-5-14(27,28)16(31,32)18(35,36)20(39,40)22(43,44)24(47,48)49)55-8-6-15(29,30)17(33,34)19(37,38)21(41,42)23(45,46)25(50,51)52/h1-4H,5-8H2. The maximum absolute atomic E-state index is 14.2. The van der Waals surface area contributed by atoms with Gasteiger partial charge in [-0.1, -0.05) is 12.1 Å². The van der Waals surface area contributed by atoms with Crippen LogP contribution in [0.4, 0.5) is 119 Å². The molecule has 318 valence electrons. The number of allylic oxidation sites excluding steroid dienone is 1. The van der Waals surface area contributed by atoms with Gasteiger partial charge >= 0.3 is 71.6 Å². The Morgan fingerprint density at radius 2 is 0.709 bits per heavy atom. The van der Waals surface area contributed by atoms with Gasteiger partial charge in [0.15, 0.2) is 0 Å². The summed E-state index contributed by atoms with van der Waals surface area (Å²) in [6.45, 7) is 0. The second-order valence-corrected chi connectivity index (χ2v) is 12.9. The Hall–Kier alpha value is -2.74. The molecule has 1 aromatic carbocycles. The van der Waals surface area contributed by atoms with Crippen LogP contribution in [0.25, 0.3) is 5.57 Å². The number of halogens is 27. The van der Waals surface area contributed by atoms with E-state index in [1.165, 1.54) is 0 Å². The first-order valence-corrected chi connectivity index (χ1v) is 15.1. The van der Waals surface area contributed by atoms with Crippen LogP contribution in [0, 0.1) is 17.1 Å². The third-order valence-electron chi connectivity index (χ3n) is 6.74. The van der Waals surface area contributed by atoms with Gasteiger partial charge in [0.1, 0.15) is 11.9 Å². The summed E-state index contributed by atoms with van der Waals surface area (Å²) < 4.78 is 360. The quantitative estimate of drug-likeness (QED) is 0.115. The van der Waals surface area contributed by atoms with E-state index >= 15 is 0 Å². The number of hydrogen-bond donors (Lipinski definition) is 0. The average molecular weight is 903 g/mol. The highest BCUT2D eigenvalue weighted by Crippen LogP contribution is 2.62. The van der Waals surface area contributed by atoms with Crippen molar-refractivity contribution in [1.82, 2.24) is 0 Å². The zero-order valence-corrected chi connectivity index (χ0v) is 26.7. The summed E-state index contributed by atoms with van der Waals surface area (Å²) in [5.74, 6) is -83.8. The summed E-state index contributed by atoms with van der Waals surface area (Å²) in [4.78, 5) is 0. The molecule has 0 radical (unpaired) electrons. The zero-order valence-electron chi connectivity index (χ0n) is 25.1. The molecule has 0 saturated heterocycles. The fourth-order valence-corrected chi connectivity index (χ4v) is 6.03. The Morgan fingerprint density at radius 1 is 0.436 bits per heavy atom. The second-order valence-electron chi connectivity index (χ2n) is 10.5. The van der Waals surface area contributed by atoms with E-state index in [0.717, 1.165) is 6.07 Å². The number of thioether (sulfide) groups is 2. The normalized spacial score (nSPS) is 15.2. The van der Waals surface area contributed by atoms with Crippen molar-refractivity contribution in [3.05, 3.63) is 39.9 Å². The predicted octanol–water partition coefficient (Wildman–Crippen LogP) is 12.7. The number of benzene rings is 1. The number of alkyl halides is 26. The van der Waals surface area contributed by atoms with E-state index in [2.05, 4.69) is 0 Å². The topological polar surface area (TPSA) is 23.8 Å². The highest BCUT2D eigenvalue weighted by molar-refractivity contribution is 8.22. The van der Waals surface area contributed by atoms with Gasteiger partial charge < -0.3 is 0 Å². The summed E-state index contributed by atoms with van der Waals surface area (Å²) in [6, 6.07) is 3.03. The molecular weight excluding hydrogens is 891 g/mol. The number of hydrogen-bond acceptors (Lipinski definition) is 3. The average Bonchev–Trinajstić information content (AvgIpc) is 3.00. The molecule has 0 atom stereocenters. The summed E-state index contributed by atoms with van der Waals surface area (Å²) in [7, 11) is 0. The molecule has 55 heavy (non-hydrogen) atoms. The second kappa shape index (κ2) is 15.2. The molecule has 0 aromatic heterocycles. The molecular formula is C25H12F27NS2. The monoisotopic (exact) mass is 903 g/mol. The molecule has 1 rings (SSSR count). The van der Waals surface area contributed by atoms with Crippen molar-refractivity contribution in [3.63, 3.8) is 0 Å². The molecule has 0 aliphatic rings. The van der Waals surface area contributed by atoms with Crippen LogP contribution >= 0.6 is 23.5 Å². The molecule has 0 aliphatic carbocycles. The Kier molecular flexibility index (Phi) is 13.9. The fourth-order valence-electron chi connectivity index (χ4n) is 3.49. The van der Waals surface area contributed by atoms with Crippen molar-refractivity contribution >= 4 is 29.1 Å². The minimum Gasteiger partial charge on any atom is -0.207 e. The van der Waals surface area contributed by atoms with Gasteiger partial charge in [0.05, 0.1) is 9.81 Å². The highest BCUT2D eigenvalue weighted by atomic mass is 32.2. The summed E-state index contributed by atoms with van der Waals surface area (Å²) in [5.41, 5.74) is -1.89. The summed E-state index contributed by atoms with van der Waals surface area (Å²) >= 11 is -1.35. The third-order valence-corrected chi connectivity index (χ3v) is 9.20. The van der Waals surface area contributed by atoms with Crippen molar-refractivity contribution in [1.29, 1.82) is 5.26 Å². The van der Waals surface area contributed by atoms with Gasteiger partial charge in [-0.25, -0.2) is 4.39 Å². The first-order valence-electron chi connectivity index (χ1n) is 13.1. The Labute approximate surface area is 295 Å². The molecule has 30 heteroatoms. The van der Waals surface area contributed by atoms with Crippen molar-refractivity contribution < 1.29 is 119 Å². The van der Waals surface area contributed by atoms with Crippen LogP contribution in [-0.2, 0) is 0 Å². The number of rotatable bonds is 17. The van der Waals surface area contributed by atoms with E-state index in [4.69, 9.17) is 0 Å². The van der Waals surface area contributed by atoms with Gasteiger partial charge in [0, 0.05) is 24.3 Å². The van der Waals surface area contributed by atoms with Crippen LogP contribution in [0.5, 0.6) is 0 Å². The lowest BCUT2D eigenvalue weighted by Gasteiger charge is -2.39. The zero-order chi connectivity index (χ0) is 44.1. The van der Waals surface area contributed by atoms with Crippen LogP contribution in [0.1, 0.15) is 18.4 Å². The van der Waals surface area contributed by atoms with Crippen molar-refractivity contribution in [2.24, 2.45) is 0 Å². The minimum atomic E-state index is -8.31. The van der Waals surface area contributed by atoms with Gasteiger partial charge in [-0.05, 0) is 17.7 Å². The Balaban J connectivity index is 3.56. The van der Waals surface area contributed by atoms with E-state index in [1.54, 1.807) is 0 Å². The SMILES string of the molecule is N#CC(=C(SCCC(F)(F)C(F)(F)C(F)(F)C(F)(F)C(F)(F)C(F)(F)F)SCCC(F)(F)C(F)(F)C(F)(F)C(F)(F)C(F)(F)C(F)(F)F)c1ccc(F)cc1. The van der Waals surface area contributed by atoms with Gasteiger partial charge in [-0.3, -0.25) is 0 Å². The molecule has 0 unspecified atom stereocenters. The van der Waals surface area contributed by atoms with Crippen LogP contribution in [0.2, 0.25) is 0 Å². The van der Waals surface area contributed by atoms with Crippen LogP contribution in [0.3, 0.4) is 0 Å². The molecule has 0 N–H and O–H groups in total. The van der Waals surface area contributed by atoms with E-state index in [-0.39, 0.29) is 0 Å². The molecule has 0 aliphatic heterocycles. The van der Waals surface area contributed by atoms with Gasteiger partial charge in [-0.15, -0.1) is 23.5 Å². The lowest BCUT2D eigenvalue weighted by Crippen LogP contribution is -2.70. The largest absolute Gasteiger partial charge is 0.460 e. The molecule has 1 aromatic rings. The smallest absolute Gasteiger partial charge is 0.207 e. The highest BCUT2D eigenvalue weighted by Gasteiger charge is 2.92.